The Labute approximate surface area is 207 Å². The average molecular weight is 465 g/mol. The molecule has 0 atom stereocenters. The lowest BCUT2D eigenvalue weighted by Crippen LogP contribution is -1.97. The highest BCUT2D eigenvalue weighted by molar-refractivity contribution is 5.88. The molecule has 0 amide bonds. The number of allylic oxidation sites excluding steroid dienone is 2. The van der Waals surface area contributed by atoms with Gasteiger partial charge in [-0.1, -0.05) is 101 Å². The molecule has 0 aliphatic rings. The third-order valence-corrected chi connectivity index (χ3v) is 6.24. The molecule has 0 aliphatic carbocycles. The minimum absolute atomic E-state index is 0.305. The number of rotatable bonds is 19. The first-order chi connectivity index (χ1) is 16.7. The molecule has 0 aromatic heterocycles. The van der Waals surface area contributed by atoms with Gasteiger partial charge >= 0.3 is 5.97 Å². The summed E-state index contributed by atoms with van der Waals surface area (Å²) in [6.07, 6.45) is 23.1. The summed E-state index contributed by atoms with van der Waals surface area (Å²) in [5, 5.41) is 9.01. The largest absolute Gasteiger partial charge is 0.494 e. The normalized spacial score (nSPS) is 11.2. The Balaban J connectivity index is 1.44. The number of carboxylic acids is 1. The van der Waals surface area contributed by atoms with E-state index in [9.17, 15) is 4.79 Å². The third kappa shape index (κ3) is 12.1. The van der Waals surface area contributed by atoms with Crippen molar-refractivity contribution in [1.82, 2.24) is 0 Å². The van der Waals surface area contributed by atoms with Gasteiger partial charge in [-0.15, -0.1) is 0 Å². The first kappa shape index (κ1) is 27.7. The second-order valence-corrected chi connectivity index (χ2v) is 9.19. The predicted octanol–water partition coefficient (Wildman–Crippen LogP) is 9.47. The van der Waals surface area contributed by atoms with Crippen LogP contribution in [0.3, 0.4) is 0 Å². The van der Waals surface area contributed by atoms with Crippen molar-refractivity contribution < 1.29 is 14.6 Å². The van der Waals surface area contributed by atoms with Crippen LogP contribution in [-0.2, 0) is 0 Å². The molecular weight excluding hydrogens is 420 g/mol. The molecule has 3 nitrogen and oxygen atoms in total. The van der Waals surface area contributed by atoms with Gasteiger partial charge < -0.3 is 9.84 Å². The van der Waals surface area contributed by atoms with Gasteiger partial charge in [-0.2, -0.15) is 0 Å². The average Bonchev–Trinajstić information content (AvgIpc) is 2.86. The van der Waals surface area contributed by atoms with Crippen LogP contribution in [0.1, 0.15) is 107 Å². The van der Waals surface area contributed by atoms with E-state index < -0.39 is 5.97 Å². The molecule has 0 unspecified atom stereocenters. The van der Waals surface area contributed by atoms with Gasteiger partial charge in [-0.25, -0.2) is 4.79 Å². The van der Waals surface area contributed by atoms with Crippen LogP contribution in [-0.4, -0.2) is 17.7 Å². The molecule has 2 aromatic carbocycles. The molecule has 2 rings (SSSR count). The fourth-order valence-corrected chi connectivity index (χ4v) is 4.09. The van der Waals surface area contributed by atoms with Crippen molar-refractivity contribution in [2.45, 2.75) is 96.8 Å². The zero-order valence-corrected chi connectivity index (χ0v) is 21.1. The quantitative estimate of drug-likeness (QED) is 0.166. The van der Waals surface area contributed by atoms with E-state index in [0.29, 0.717) is 5.56 Å². The Hall–Kier alpha value is -2.55. The standard InChI is InChI=1S/C31H44O3/c1-2-3-4-5-6-7-8-9-10-11-12-13-14-15-16-17-26-34-30-24-22-28(23-25-30)27-18-20-29(21-19-27)31(32)33/h9-10,18-25H,2-8,11-17,26H2,1H3,(H,32,33)/b10-9+. The Morgan fingerprint density at radius 2 is 1.15 bits per heavy atom. The molecule has 0 fully saturated rings. The van der Waals surface area contributed by atoms with Gasteiger partial charge in [0.25, 0.3) is 0 Å². The minimum Gasteiger partial charge on any atom is -0.494 e. The van der Waals surface area contributed by atoms with Gasteiger partial charge in [0.15, 0.2) is 0 Å². The molecule has 0 bridgehead atoms. The summed E-state index contributed by atoms with van der Waals surface area (Å²) >= 11 is 0. The van der Waals surface area contributed by atoms with Crippen molar-refractivity contribution in [2.75, 3.05) is 6.61 Å². The SMILES string of the molecule is CCCCCCCC/C=C/CCCCCCCCOc1ccc(-c2ccc(C(=O)O)cc2)cc1. The minimum atomic E-state index is -0.901. The van der Waals surface area contributed by atoms with Crippen molar-refractivity contribution in [3.8, 4) is 16.9 Å². The van der Waals surface area contributed by atoms with E-state index in [1.165, 1.54) is 83.5 Å². The topological polar surface area (TPSA) is 46.5 Å². The fraction of sp³-hybridized carbons (Fsp3) is 0.516. The maximum Gasteiger partial charge on any atom is 0.335 e. The predicted molar refractivity (Wildman–Crippen MR) is 144 cm³/mol. The zero-order chi connectivity index (χ0) is 24.3. The lowest BCUT2D eigenvalue weighted by atomic mass is 10.0. The van der Waals surface area contributed by atoms with E-state index in [1.54, 1.807) is 12.1 Å². The molecule has 0 aliphatic heterocycles. The molecule has 0 heterocycles. The molecule has 2 aromatic rings. The van der Waals surface area contributed by atoms with Gasteiger partial charge in [0.05, 0.1) is 12.2 Å². The molecule has 3 heteroatoms. The number of unbranched alkanes of at least 4 members (excludes halogenated alkanes) is 12. The number of carbonyl (C=O) groups is 1. The Morgan fingerprint density at radius 3 is 1.68 bits per heavy atom. The monoisotopic (exact) mass is 464 g/mol. The van der Waals surface area contributed by atoms with Crippen molar-refractivity contribution >= 4 is 5.97 Å². The third-order valence-electron chi connectivity index (χ3n) is 6.24. The van der Waals surface area contributed by atoms with Gasteiger partial charge in [0.1, 0.15) is 5.75 Å². The van der Waals surface area contributed by atoms with Crippen LogP contribution in [0.15, 0.2) is 60.7 Å². The molecule has 0 saturated heterocycles. The van der Waals surface area contributed by atoms with Crippen molar-refractivity contribution in [1.29, 1.82) is 0 Å². The van der Waals surface area contributed by atoms with Crippen LogP contribution in [0.5, 0.6) is 5.75 Å². The van der Waals surface area contributed by atoms with Crippen LogP contribution in [0, 0.1) is 0 Å². The molecule has 186 valence electrons. The summed E-state index contributed by atoms with van der Waals surface area (Å²) in [6.45, 7) is 3.03. The van der Waals surface area contributed by atoms with E-state index in [1.807, 2.05) is 36.4 Å². The van der Waals surface area contributed by atoms with E-state index >= 15 is 0 Å². The summed E-state index contributed by atoms with van der Waals surface area (Å²) in [6, 6.07) is 15.0. The number of hydrogen-bond donors (Lipinski definition) is 1. The molecule has 0 radical (unpaired) electrons. The Morgan fingerprint density at radius 1 is 0.676 bits per heavy atom. The van der Waals surface area contributed by atoms with Gasteiger partial charge in [0, 0.05) is 0 Å². The summed E-state index contributed by atoms with van der Waals surface area (Å²) in [7, 11) is 0. The van der Waals surface area contributed by atoms with Gasteiger partial charge in [0.2, 0.25) is 0 Å². The van der Waals surface area contributed by atoms with Crippen LogP contribution in [0.4, 0.5) is 0 Å². The van der Waals surface area contributed by atoms with E-state index in [2.05, 4.69) is 19.1 Å². The van der Waals surface area contributed by atoms with Crippen LogP contribution in [0.25, 0.3) is 11.1 Å². The number of carboxylic acid groups (broad SMARTS) is 1. The number of ether oxygens (including phenoxy) is 1. The van der Waals surface area contributed by atoms with E-state index in [4.69, 9.17) is 9.84 Å². The number of hydrogen-bond acceptors (Lipinski definition) is 2. The summed E-state index contributed by atoms with van der Waals surface area (Å²) < 4.78 is 5.88. The lowest BCUT2D eigenvalue weighted by molar-refractivity contribution is 0.0697. The summed E-state index contributed by atoms with van der Waals surface area (Å²) in [5.41, 5.74) is 2.37. The van der Waals surface area contributed by atoms with Crippen LogP contribution < -0.4 is 4.74 Å². The van der Waals surface area contributed by atoms with Crippen LogP contribution >= 0.6 is 0 Å². The van der Waals surface area contributed by atoms with Crippen molar-refractivity contribution in [3.05, 3.63) is 66.2 Å². The van der Waals surface area contributed by atoms with Crippen molar-refractivity contribution in [2.24, 2.45) is 0 Å². The smallest absolute Gasteiger partial charge is 0.335 e. The Kier molecular flexibility index (Phi) is 14.5. The maximum absolute atomic E-state index is 11.0. The molecule has 34 heavy (non-hydrogen) atoms. The maximum atomic E-state index is 11.0. The number of aromatic carboxylic acids is 1. The second kappa shape index (κ2) is 17.9. The second-order valence-electron chi connectivity index (χ2n) is 9.19. The zero-order valence-electron chi connectivity index (χ0n) is 21.1. The van der Waals surface area contributed by atoms with Gasteiger partial charge in [-0.3, -0.25) is 0 Å². The lowest BCUT2D eigenvalue weighted by Gasteiger charge is -2.08. The first-order valence-corrected chi connectivity index (χ1v) is 13.4. The highest BCUT2D eigenvalue weighted by Gasteiger charge is 2.03. The molecular formula is C31H44O3. The number of benzene rings is 2. The Bertz CT molecular complexity index is 806. The van der Waals surface area contributed by atoms with E-state index in [-0.39, 0.29) is 0 Å². The molecule has 0 saturated carbocycles. The molecule has 1 N–H and O–H groups in total. The summed E-state index contributed by atoms with van der Waals surface area (Å²) in [5.74, 6) is -0.0137. The highest BCUT2D eigenvalue weighted by Crippen LogP contribution is 2.23. The van der Waals surface area contributed by atoms with Crippen molar-refractivity contribution in [3.63, 3.8) is 0 Å². The van der Waals surface area contributed by atoms with E-state index in [0.717, 1.165) is 29.9 Å². The van der Waals surface area contributed by atoms with Crippen LogP contribution in [0.2, 0.25) is 0 Å². The van der Waals surface area contributed by atoms with Gasteiger partial charge in [-0.05, 0) is 67.5 Å². The fourth-order valence-electron chi connectivity index (χ4n) is 4.09. The molecule has 0 spiro atoms. The highest BCUT2D eigenvalue weighted by atomic mass is 16.5. The first-order valence-electron chi connectivity index (χ1n) is 13.4. The summed E-state index contributed by atoms with van der Waals surface area (Å²) in [4.78, 5) is 11.0.